The van der Waals surface area contributed by atoms with E-state index < -0.39 is 5.91 Å². The molecular formula is C6H6ClN3O2. The van der Waals surface area contributed by atoms with Crippen LogP contribution in [0.3, 0.4) is 0 Å². The van der Waals surface area contributed by atoms with Gasteiger partial charge in [-0.2, -0.15) is 0 Å². The average Bonchev–Trinajstić information content (AvgIpc) is 2.04. The average molecular weight is 188 g/mol. The summed E-state index contributed by atoms with van der Waals surface area (Å²) in [6.45, 7) is 0. The summed E-state index contributed by atoms with van der Waals surface area (Å²) in [5.74, 6) is -0.574. The van der Waals surface area contributed by atoms with Gasteiger partial charge in [-0.05, 0) is 6.07 Å². The molecular weight excluding hydrogens is 182 g/mol. The smallest absolute Gasteiger partial charge is 0.254 e. The second kappa shape index (κ2) is 3.36. The number of nitrogens with zero attached hydrogens (tertiary/aromatic N) is 2. The number of methoxy groups -OCH3 is 1. The zero-order valence-corrected chi connectivity index (χ0v) is 7.00. The fraction of sp³-hybridized carbons (Fsp3) is 0.167. The van der Waals surface area contributed by atoms with Gasteiger partial charge in [-0.15, -0.1) is 10.2 Å². The van der Waals surface area contributed by atoms with Crippen molar-refractivity contribution in [3.63, 3.8) is 0 Å². The van der Waals surface area contributed by atoms with E-state index in [9.17, 15) is 4.79 Å². The van der Waals surface area contributed by atoms with E-state index in [1.807, 2.05) is 0 Å². The number of nitrogens with two attached hydrogens (primary N) is 1. The second-order valence-electron chi connectivity index (χ2n) is 1.95. The summed E-state index contributed by atoms with van der Waals surface area (Å²) in [5.41, 5.74) is 5.14. The van der Waals surface area contributed by atoms with Crippen molar-refractivity contribution in [1.29, 1.82) is 0 Å². The van der Waals surface area contributed by atoms with Crippen LogP contribution in [0.5, 0.6) is 5.88 Å². The molecule has 0 aliphatic carbocycles. The highest BCUT2D eigenvalue weighted by Crippen LogP contribution is 2.15. The van der Waals surface area contributed by atoms with Gasteiger partial charge in [-0.3, -0.25) is 4.79 Å². The van der Waals surface area contributed by atoms with Crippen molar-refractivity contribution in [2.24, 2.45) is 5.73 Å². The SMILES string of the molecule is COc1nnc(Cl)cc1C(N)=O. The molecule has 5 nitrogen and oxygen atoms in total. The number of halogens is 1. The van der Waals surface area contributed by atoms with Crippen molar-refractivity contribution >= 4 is 17.5 Å². The van der Waals surface area contributed by atoms with E-state index in [0.717, 1.165) is 0 Å². The molecule has 1 aromatic rings. The van der Waals surface area contributed by atoms with Crippen molar-refractivity contribution in [3.05, 3.63) is 16.8 Å². The van der Waals surface area contributed by atoms with E-state index >= 15 is 0 Å². The van der Waals surface area contributed by atoms with E-state index in [4.69, 9.17) is 22.1 Å². The van der Waals surface area contributed by atoms with E-state index in [0.29, 0.717) is 0 Å². The normalized spacial score (nSPS) is 9.50. The predicted molar refractivity (Wildman–Crippen MR) is 42.1 cm³/mol. The third kappa shape index (κ3) is 1.62. The molecule has 0 saturated carbocycles. The predicted octanol–water partition coefficient (Wildman–Crippen LogP) is 0.238. The number of aromatic nitrogens is 2. The highest BCUT2D eigenvalue weighted by atomic mass is 35.5. The Kier molecular flexibility index (Phi) is 2.44. The molecule has 2 N–H and O–H groups in total. The number of primary amides is 1. The third-order valence-electron chi connectivity index (χ3n) is 1.19. The summed E-state index contributed by atoms with van der Waals surface area (Å²) in [7, 11) is 1.37. The van der Waals surface area contributed by atoms with Crippen molar-refractivity contribution in [1.82, 2.24) is 10.2 Å². The van der Waals surface area contributed by atoms with Gasteiger partial charge in [0.2, 0.25) is 5.88 Å². The minimum Gasteiger partial charge on any atom is -0.479 e. The molecule has 1 heterocycles. The van der Waals surface area contributed by atoms with Gasteiger partial charge in [0.1, 0.15) is 5.56 Å². The van der Waals surface area contributed by atoms with Crippen LogP contribution in [0.2, 0.25) is 5.15 Å². The van der Waals surface area contributed by atoms with Crippen LogP contribution in [0.25, 0.3) is 0 Å². The lowest BCUT2D eigenvalue weighted by atomic mass is 10.3. The van der Waals surface area contributed by atoms with E-state index in [-0.39, 0.29) is 16.6 Å². The van der Waals surface area contributed by atoms with Crippen molar-refractivity contribution < 1.29 is 9.53 Å². The Hall–Kier alpha value is -1.36. The first-order chi connectivity index (χ1) is 5.65. The van der Waals surface area contributed by atoms with Crippen molar-refractivity contribution in [3.8, 4) is 5.88 Å². The molecule has 0 bridgehead atoms. The van der Waals surface area contributed by atoms with Gasteiger partial charge < -0.3 is 10.5 Å². The number of hydrogen-bond acceptors (Lipinski definition) is 4. The lowest BCUT2D eigenvalue weighted by molar-refractivity contribution is 0.0996. The molecule has 12 heavy (non-hydrogen) atoms. The maximum atomic E-state index is 10.7. The maximum Gasteiger partial charge on any atom is 0.254 e. The lowest BCUT2D eigenvalue weighted by Crippen LogP contribution is -2.13. The molecule has 1 rings (SSSR count). The van der Waals surface area contributed by atoms with Crippen LogP contribution in [0.1, 0.15) is 10.4 Å². The van der Waals surface area contributed by atoms with Gasteiger partial charge in [0.05, 0.1) is 7.11 Å². The number of carbonyl (C=O) groups excluding carboxylic acids is 1. The Morgan fingerprint density at radius 1 is 1.67 bits per heavy atom. The molecule has 0 radical (unpaired) electrons. The second-order valence-corrected chi connectivity index (χ2v) is 2.34. The summed E-state index contributed by atoms with van der Waals surface area (Å²) in [4.78, 5) is 10.7. The van der Waals surface area contributed by atoms with Gasteiger partial charge in [0.15, 0.2) is 5.15 Å². The summed E-state index contributed by atoms with van der Waals surface area (Å²) in [6.07, 6.45) is 0. The standard InChI is InChI=1S/C6H6ClN3O2/c1-12-6-3(5(8)11)2-4(7)9-10-6/h2H,1H3,(H2,8,11). The van der Waals surface area contributed by atoms with Gasteiger partial charge >= 0.3 is 0 Å². The molecule has 64 valence electrons. The number of hydrogen-bond donors (Lipinski definition) is 1. The van der Waals surface area contributed by atoms with Gasteiger partial charge in [0.25, 0.3) is 5.91 Å². The zero-order valence-electron chi connectivity index (χ0n) is 6.24. The van der Waals surface area contributed by atoms with E-state index in [1.54, 1.807) is 0 Å². The minimum absolute atomic E-state index is 0.0758. The largest absolute Gasteiger partial charge is 0.479 e. The fourth-order valence-electron chi connectivity index (χ4n) is 0.684. The van der Waals surface area contributed by atoms with E-state index in [1.165, 1.54) is 13.2 Å². The molecule has 0 aliphatic rings. The number of rotatable bonds is 2. The summed E-state index contributed by atoms with van der Waals surface area (Å²) in [5, 5.41) is 7.09. The maximum absolute atomic E-state index is 10.7. The summed E-state index contributed by atoms with van der Waals surface area (Å²) >= 11 is 5.48. The molecule has 0 unspecified atom stereocenters. The number of ether oxygens (including phenoxy) is 1. The first-order valence-corrected chi connectivity index (χ1v) is 3.40. The Balaban J connectivity index is 3.21. The Morgan fingerprint density at radius 2 is 2.33 bits per heavy atom. The van der Waals surface area contributed by atoms with Crippen LogP contribution in [-0.4, -0.2) is 23.2 Å². The molecule has 0 atom stereocenters. The van der Waals surface area contributed by atoms with E-state index in [2.05, 4.69) is 10.2 Å². The van der Waals surface area contributed by atoms with Crippen LogP contribution < -0.4 is 10.5 Å². The number of carbonyl (C=O) groups is 1. The summed E-state index contributed by atoms with van der Waals surface area (Å²) in [6, 6.07) is 1.30. The molecule has 0 fully saturated rings. The van der Waals surface area contributed by atoms with Gasteiger partial charge in [-0.1, -0.05) is 11.6 Å². The van der Waals surface area contributed by atoms with Crippen LogP contribution in [0.15, 0.2) is 6.07 Å². The molecule has 0 spiro atoms. The Labute approximate surface area is 73.5 Å². The monoisotopic (exact) mass is 187 g/mol. The quantitative estimate of drug-likeness (QED) is 0.719. The molecule has 1 amide bonds. The fourth-order valence-corrected chi connectivity index (χ4v) is 0.831. The van der Waals surface area contributed by atoms with Crippen LogP contribution in [0, 0.1) is 0 Å². The Bertz CT molecular complexity index is 316. The molecule has 0 aliphatic heterocycles. The highest BCUT2D eigenvalue weighted by Gasteiger charge is 2.11. The highest BCUT2D eigenvalue weighted by molar-refractivity contribution is 6.29. The number of amides is 1. The van der Waals surface area contributed by atoms with Gasteiger partial charge in [-0.25, -0.2) is 0 Å². The first kappa shape index (κ1) is 8.73. The van der Waals surface area contributed by atoms with Crippen molar-refractivity contribution in [2.45, 2.75) is 0 Å². The zero-order chi connectivity index (χ0) is 9.14. The topological polar surface area (TPSA) is 78.1 Å². The first-order valence-electron chi connectivity index (χ1n) is 3.02. The van der Waals surface area contributed by atoms with Crippen LogP contribution >= 0.6 is 11.6 Å². The molecule has 0 aromatic carbocycles. The molecule has 1 aromatic heterocycles. The van der Waals surface area contributed by atoms with Crippen LogP contribution in [0.4, 0.5) is 0 Å². The molecule has 0 saturated heterocycles. The minimum atomic E-state index is -0.649. The van der Waals surface area contributed by atoms with Crippen molar-refractivity contribution in [2.75, 3.05) is 7.11 Å². The van der Waals surface area contributed by atoms with Crippen LogP contribution in [-0.2, 0) is 0 Å². The third-order valence-corrected chi connectivity index (χ3v) is 1.37. The lowest BCUT2D eigenvalue weighted by Gasteiger charge is -2.01. The molecule has 6 heteroatoms. The Morgan fingerprint density at radius 3 is 2.83 bits per heavy atom. The van der Waals surface area contributed by atoms with Gasteiger partial charge in [0, 0.05) is 0 Å². The summed E-state index contributed by atoms with van der Waals surface area (Å²) < 4.78 is 4.73.